The molecule has 8 heteroatoms. The number of hydrogen-bond donors (Lipinski definition) is 0. The van der Waals surface area contributed by atoms with Crippen molar-refractivity contribution in [3.05, 3.63) is 48.0 Å². The molecule has 132 valence electrons. The van der Waals surface area contributed by atoms with E-state index in [0.29, 0.717) is 5.52 Å². The van der Waals surface area contributed by atoms with Gasteiger partial charge in [0.25, 0.3) is 0 Å². The molecule has 0 unspecified atom stereocenters. The Bertz CT molecular complexity index is 1100. The van der Waals surface area contributed by atoms with Gasteiger partial charge in [-0.2, -0.15) is 0 Å². The molecule has 26 heavy (non-hydrogen) atoms. The van der Waals surface area contributed by atoms with Crippen LogP contribution in [0.4, 0.5) is 19.0 Å². The summed E-state index contributed by atoms with van der Waals surface area (Å²) in [5.41, 5.74) is 1.28. The van der Waals surface area contributed by atoms with Gasteiger partial charge in [-0.15, -0.1) is 0 Å². The van der Waals surface area contributed by atoms with Gasteiger partial charge in [-0.05, 0) is 30.3 Å². The molecule has 1 fully saturated rings. The van der Waals surface area contributed by atoms with Gasteiger partial charge in [0.2, 0.25) is 0 Å². The lowest BCUT2D eigenvalue weighted by Gasteiger charge is -2.34. The lowest BCUT2D eigenvalue weighted by molar-refractivity contribution is 0.630. The van der Waals surface area contributed by atoms with E-state index in [2.05, 4.69) is 19.8 Å². The summed E-state index contributed by atoms with van der Waals surface area (Å²) < 4.78 is 29.0. The number of piperazine rings is 1. The highest BCUT2D eigenvalue weighted by molar-refractivity contribution is 7.22. The number of para-hydroxylation sites is 1. The van der Waals surface area contributed by atoms with Crippen molar-refractivity contribution in [3.8, 4) is 0 Å². The Balaban J connectivity index is 1.35. The molecule has 3 heterocycles. The summed E-state index contributed by atoms with van der Waals surface area (Å²) in [4.78, 5) is 13.5. The Hall–Kier alpha value is -2.32. The van der Waals surface area contributed by atoms with Crippen molar-refractivity contribution in [1.29, 1.82) is 0 Å². The summed E-state index contributed by atoms with van der Waals surface area (Å²) in [6, 6.07) is 9.75. The van der Waals surface area contributed by atoms with E-state index in [0.717, 1.165) is 51.4 Å². The number of halogens is 2. The Morgan fingerprint density at radius 3 is 2.23 bits per heavy atom. The van der Waals surface area contributed by atoms with E-state index in [-0.39, 0.29) is 11.6 Å². The standard InChI is InChI=1S/C18H14F2N4S2/c19-11-4-5-13-15(10-11)26-17(21-13)23-6-8-24(9-7-23)18-22-16-12(20)2-1-3-14(16)25-18/h1-5,10H,6-9H2. The van der Waals surface area contributed by atoms with Crippen molar-refractivity contribution >= 4 is 53.4 Å². The minimum Gasteiger partial charge on any atom is -0.345 e. The lowest BCUT2D eigenvalue weighted by Crippen LogP contribution is -2.46. The van der Waals surface area contributed by atoms with E-state index >= 15 is 0 Å². The Morgan fingerprint density at radius 1 is 0.808 bits per heavy atom. The van der Waals surface area contributed by atoms with Crippen LogP contribution < -0.4 is 9.80 Å². The highest BCUT2D eigenvalue weighted by atomic mass is 32.1. The van der Waals surface area contributed by atoms with E-state index in [1.807, 2.05) is 6.07 Å². The van der Waals surface area contributed by atoms with Crippen LogP contribution in [0.5, 0.6) is 0 Å². The third-order valence-electron chi connectivity index (χ3n) is 4.52. The van der Waals surface area contributed by atoms with Gasteiger partial charge in [0.05, 0.1) is 14.9 Å². The van der Waals surface area contributed by atoms with Crippen molar-refractivity contribution < 1.29 is 8.78 Å². The number of hydrogen-bond acceptors (Lipinski definition) is 6. The van der Waals surface area contributed by atoms with Gasteiger partial charge in [0.1, 0.15) is 17.2 Å². The summed E-state index contributed by atoms with van der Waals surface area (Å²) in [5.74, 6) is -0.508. The van der Waals surface area contributed by atoms with Gasteiger partial charge in [0, 0.05) is 26.2 Å². The number of anilines is 2. The number of aromatic nitrogens is 2. The molecular weight excluding hydrogens is 374 g/mol. The third kappa shape index (κ3) is 2.69. The molecule has 1 aliphatic heterocycles. The second-order valence-electron chi connectivity index (χ2n) is 6.17. The predicted octanol–water partition coefficient (Wildman–Crippen LogP) is 4.51. The van der Waals surface area contributed by atoms with Gasteiger partial charge >= 0.3 is 0 Å². The maximum absolute atomic E-state index is 13.9. The molecule has 0 N–H and O–H groups in total. The second kappa shape index (κ2) is 6.14. The van der Waals surface area contributed by atoms with Crippen molar-refractivity contribution in [1.82, 2.24) is 9.97 Å². The first-order valence-electron chi connectivity index (χ1n) is 8.28. The SMILES string of the molecule is Fc1ccc2nc(N3CCN(c4nc5c(F)cccc5s4)CC3)sc2c1. The van der Waals surface area contributed by atoms with E-state index in [4.69, 9.17) is 0 Å². The zero-order valence-electron chi connectivity index (χ0n) is 13.7. The molecule has 0 bridgehead atoms. The molecule has 0 amide bonds. The number of fused-ring (bicyclic) bond motifs is 2. The van der Waals surface area contributed by atoms with Gasteiger partial charge < -0.3 is 9.80 Å². The fraction of sp³-hybridized carbons (Fsp3) is 0.222. The first-order valence-corrected chi connectivity index (χ1v) is 9.92. The van der Waals surface area contributed by atoms with Crippen LogP contribution in [-0.4, -0.2) is 36.1 Å². The molecule has 5 rings (SSSR count). The summed E-state index contributed by atoms with van der Waals surface area (Å²) in [7, 11) is 0. The van der Waals surface area contributed by atoms with Crippen molar-refractivity contribution in [2.24, 2.45) is 0 Å². The van der Waals surface area contributed by atoms with Crippen LogP contribution in [0.2, 0.25) is 0 Å². The minimum atomic E-state index is -0.273. The van der Waals surface area contributed by atoms with Gasteiger partial charge in [-0.1, -0.05) is 28.7 Å². The van der Waals surface area contributed by atoms with Gasteiger partial charge in [-0.3, -0.25) is 0 Å². The van der Waals surface area contributed by atoms with Crippen LogP contribution in [0.25, 0.3) is 20.4 Å². The Kier molecular flexibility index (Phi) is 3.75. The average molecular weight is 388 g/mol. The quantitative estimate of drug-likeness (QED) is 0.506. The number of benzene rings is 2. The smallest absolute Gasteiger partial charge is 0.186 e. The summed E-state index contributed by atoms with van der Waals surface area (Å²) in [5, 5.41) is 1.77. The van der Waals surface area contributed by atoms with Crippen molar-refractivity contribution in [3.63, 3.8) is 0 Å². The highest BCUT2D eigenvalue weighted by Crippen LogP contribution is 2.33. The zero-order chi connectivity index (χ0) is 17.7. The van der Waals surface area contributed by atoms with E-state index in [1.165, 1.54) is 40.9 Å². The van der Waals surface area contributed by atoms with Gasteiger partial charge in [0.15, 0.2) is 10.3 Å². The van der Waals surface area contributed by atoms with Crippen LogP contribution in [-0.2, 0) is 0 Å². The third-order valence-corrected chi connectivity index (χ3v) is 6.68. The summed E-state index contributed by atoms with van der Waals surface area (Å²) in [6.07, 6.45) is 0. The first-order chi connectivity index (χ1) is 12.7. The zero-order valence-corrected chi connectivity index (χ0v) is 15.3. The maximum Gasteiger partial charge on any atom is 0.186 e. The maximum atomic E-state index is 13.9. The topological polar surface area (TPSA) is 32.3 Å². The molecule has 0 saturated carbocycles. The summed E-state index contributed by atoms with van der Waals surface area (Å²) in [6.45, 7) is 3.21. The van der Waals surface area contributed by atoms with Crippen molar-refractivity contribution in [2.75, 3.05) is 36.0 Å². The molecule has 4 nitrogen and oxygen atoms in total. The van der Waals surface area contributed by atoms with Crippen LogP contribution in [0, 0.1) is 11.6 Å². The van der Waals surface area contributed by atoms with E-state index < -0.39 is 0 Å². The largest absolute Gasteiger partial charge is 0.345 e. The molecule has 1 aliphatic rings. The van der Waals surface area contributed by atoms with E-state index in [9.17, 15) is 8.78 Å². The predicted molar refractivity (Wildman–Crippen MR) is 104 cm³/mol. The Morgan fingerprint density at radius 2 is 1.50 bits per heavy atom. The number of thiazole rings is 2. The van der Waals surface area contributed by atoms with Crippen LogP contribution >= 0.6 is 22.7 Å². The lowest BCUT2D eigenvalue weighted by atomic mass is 10.3. The molecule has 2 aromatic heterocycles. The molecule has 0 spiro atoms. The second-order valence-corrected chi connectivity index (χ2v) is 8.18. The molecule has 0 atom stereocenters. The first kappa shape index (κ1) is 15.9. The summed E-state index contributed by atoms with van der Waals surface area (Å²) >= 11 is 3.04. The molecule has 2 aromatic carbocycles. The fourth-order valence-corrected chi connectivity index (χ4v) is 5.22. The Labute approximate surface area is 156 Å². The molecule has 0 radical (unpaired) electrons. The molecule has 0 aliphatic carbocycles. The van der Waals surface area contributed by atoms with Crippen LogP contribution in [0.1, 0.15) is 0 Å². The fourth-order valence-electron chi connectivity index (χ4n) is 3.15. The molecule has 1 saturated heterocycles. The normalized spacial score (nSPS) is 15.3. The van der Waals surface area contributed by atoms with Crippen LogP contribution in [0.15, 0.2) is 36.4 Å². The van der Waals surface area contributed by atoms with Crippen LogP contribution in [0.3, 0.4) is 0 Å². The highest BCUT2D eigenvalue weighted by Gasteiger charge is 2.22. The van der Waals surface area contributed by atoms with Crippen molar-refractivity contribution in [2.45, 2.75) is 0 Å². The average Bonchev–Trinajstić information content (AvgIpc) is 3.26. The molecule has 4 aromatic rings. The van der Waals surface area contributed by atoms with Gasteiger partial charge in [-0.25, -0.2) is 18.7 Å². The number of rotatable bonds is 2. The monoisotopic (exact) mass is 388 g/mol. The number of nitrogens with zero attached hydrogens (tertiary/aromatic N) is 4. The van der Waals surface area contributed by atoms with E-state index in [1.54, 1.807) is 12.1 Å². The molecular formula is C18H14F2N4S2. The minimum absolute atomic E-state index is 0.236.